The molecule has 0 bridgehead atoms. The maximum Gasteiger partial charge on any atom is 0.185 e. The Balaban J connectivity index is 2.89. The third kappa shape index (κ3) is 3.89. The van der Waals surface area contributed by atoms with Crippen LogP contribution in [0.25, 0.3) is 0 Å². The van der Waals surface area contributed by atoms with Gasteiger partial charge in [-0.25, -0.2) is 0 Å². The summed E-state index contributed by atoms with van der Waals surface area (Å²) in [6, 6.07) is 4.80. The Bertz CT molecular complexity index is 499. The van der Waals surface area contributed by atoms with Gasteiger partial charge in [-0.3, -0.25) is 9.59 Å². The van der Waals surface area contributed by atoms with Crippen molar-refractivity contribution in [2.45, 2.75) is 4.90 Å². The van der Waals surface area contributed by atoms with Crippen molar-refractivity contribution in [1.82, 2.24) is 0 Å². The second-order valence-corrected chi connectivity index (χ2v) is 3.72. The second kappa shape index (κ2) is 6.66. The number of benzene rings is 1. The molecular weight excluding hydrogens is 232 g/mol. The third-order valence-electron chi connectivity index (χ3n) is 2.04. The first-order valence-corrected chi connectivity index (χ1v) is 5.42. The lowest BCUT2D eigenvalue weighted by Gasteiger charge is -1.99. The van der Waals surface area contributed by atoms with Crippen LogP contribution in [0.3, 0.4) is 0 Å². The van der Waals surface area contributed by atoms with Gasteiger partial charge in [-0.1, -0.05) is 30.9 Å². The third-order valence-corrected chi connectivity index (χ3v) is 2.45. The van der Waals surface area contributed by atoms with Crippen LogP contribution in [0.4, 0.5) is 0 Å². The minimum Gasteiger partial charge on any atom is -0.298 e. The molecule has 0 spiro atoms. The lowest BCUT2D eigenvalue weighted by atomic mass is 10.1. The molecule has 0 saturated heterocycles. The van der Waals surface area contributed by atoms with Crippen LogP contribution in [0.1, 0.15) is 20.7 Å². The SMILES string of the molecule is C=CC=CC=CC(=O)c1ccc(S)c(C=O)c1. The zero-order valence-electron chi connectivity index (χ0n) is 9.17. The Labute approximate surface area is 106 Å². The monoisotopic (exact) mass is 244 g/mol. The molecule has 0 radical (unpaired) electrons. The standard InChI is InChI=1S/C14H12O2S/c1-2-3-4-5-6-13(16)11-7-8-14(17)12(9-11)10-15/h2-10,17H,1H2. The Kier molecular flexibility index (Phi) is 5.17. The number of carbonyl (C=O) groups is 2. The van der Waals surface area contributed by atoms with Gasteiger partial charge in [-0.15, -0.1) is 12.6 Å². The quantitative estimate of drug-likeness (QED) is 0.283. The number of hydrogen-bond acceptors (Lipinski definition) is 3. The number of carbonyl (C=O) groups excluding carboxylic acids is 2. The van der Waals surface area contributed by atoms with Crippen LogP contribution in [0, 0.1) is 0 Å². The van der Waals surface area contributed by atoms with Gasteiger partial charge in [0.25, 0.3) is 0 Å². The van der Waals surface area contributed by atoms with Gasteiger partial charge < -0.3 is 0 Å². The van der Waals surface area contributed by atoms with Crippen molar-refractivity contribution in [3.8, 4) is 0 Å². The Morgan fingerprint density at radius 2 is 2.00 bits per heavy atom. The van der Waals surface area contributed by atoms with Crippen LogP contribution < -0.4 is 0 Å². The molecule has 0 saturated carbocycles. The summed E-state index contributed by atoms with van der Waals surface area (Å²) in [6.45, 7) is 3.51. The van der Waals surface area contributed by atoms with E-state index in [9.17, 15) is 9.59 Å². The molecule has 0 atom stereocenters. The van der Waals surface area contributed by atoms with Crippen LogP contribution in [0.5, 0.6) is 0 Å². The zero-order chi connectivity index (χ0) is 12.7. The Morgan fingerprint density at radius 3 is 2.65 bits per heavy atom. The van der Waals surface area contributed by atoms with E-state index in [1.54, 1.807) is 36.4 Å². The summed E-state index contributed by atoms with van der Waals surface area (Å²) in [5, 5.41) is 0. The number of rotatable bonds is 5. The lowest BCUT2D eigenvalue weighted by molar-refractivity contribution is 0.104. The Hall–Kier alpha value is -1.87. The molecule has 1 rings (SSSR count). The van der Waals surface area contributed by atoms with Crippen molar-refractivity contribution in [3.63, 3.8) is 0 Å². The molecule has 0 aromatic heterocycles. The first kappa shape index (κ1) is 13.2. The first-order valence-electron chi connectivity index (χ1n) is 4.97. The molecule has 0 amide bonds. The van der Waals surface area contributed by atoms with Crippen LogP contribution in [0.15, 0.2) is 60.1 Å². The van der Waals surface area contributed by atoms with E-state index >= 15 is 0 Å². The van der Waals surface area contributed by atoms with E-state index in [0.29, 0.717) is 22.3 Å². The fourth-order valence-electron chi connectivity index (χ4n) is 1.18. The van der Waals surface area contributed by atoms with Crippen LogP contribution in [-0.4, -0.2) is 12.1 Å². The molecule has 0 aliphatic rings. The van der Waals surface area contributed by atoms with Gasteiger partial charge in [-0.05, 0) is 24.3 Å². The van der Waals surface area contributed by atoms with Gasteiger partial charge in [-0.2, -0.15) is 0 Å². The molecule has 17 heavy (non-hydrogen) atoms. The average molecular weight is 244 g/mol. The van der Waals surface area contributed by atoms with Crippen molar-refractivity contribution >= 4 is 24.7 Å². The molecule has 86 valence electrons. The highest BCUT2D eigenvalue weighted by atomic mass is 32.1. The van der Waals surface area contributed by atoms with Gasteiger partial charge in [0.15, 0.2) is 12.1 Å². The first-order chi connectivity index (χ1) is 8.19. The molecule has 0 unspecified atom stereocenters. The molecule has 0 fully saturated rings. The van der Waals surface area contributed by atoms with Crippen molar-refractivity contribution in [1.29, 1.82) is 0 Å². The maximum atomic E-state index is 11.7. The predicted molar refractivity (Wildman–Crippen MR) is 71.9 cm³/mol. The second-order valence-electron chi connectivity index (χ2n) is 3.24. The van der Waals surface area contributed by atoms with Crippen molar-refractivity contribution in [3.05, 3.63) is 66.3 Å². The van der Waals surface area contributed by atoms with Crippen molar-refractivity contribution in [2.24, 2.45) is 0 Å². The average Bonchev–Trinajstić information content (AvgIpc) is 2.35. The highest BCUT2D eigenvalue weighted by molar-refractivity contribution is 7.80. The van der Waals surface area contributed by atoms with E-state index < -0.39 is 0 Å². The molecule has 0 aliphatic carbocycles. The molecule has 1 aromatic carbocycles. The van der Waals surface area contributed by atoms with E-state index in [1.165, 1.54) is 12.1 Å². The van der Waals surface area contributed by atoms with Crippen LogP contribution in [-0.2, 0) is 0 Å². The summed E-state index contributed by atoms with van der Waals surface area (Å²) in [7, 11) is 0. The lowest BCUT2D eigenvalue weighted by Crippen LogP contribution is -1.96. The van der Waals surface area contributed by atoms with E-state index in [-0.39, 0.29) is 5.78 Å². The van der Waals surface area contributed by atoms with Crippen molar-refractivity contribution < 1.29 is 9.59 Å². The number of allylic oxidation sites excluding steroid dienone is 5. The van der Waals surface area contributed by atoms with E-state index in [4.69, 9.17) is 0 Å². The van der Waals surface area contributed by atoms with Crippen LogP contribution >= 0.6 is 12.6 Å². The Morgan fingerprint density at radius 1 is 1.24 bits per heavy atom. The number of hydrogen-bond donors (Lipinski definition) is 1. The highest BCUT2D eigenvalue weighted by Gasteiger charge is 2.04. The van der Waals surface area contributed by atoms with E-state index in [0.717, 1.165) is 0 Å². The molecule has 3 heteroatoms. The summed E-state index contributed by atoms with van der Waals surface area (Å²) < 4.78 is 0. The molecule has 0 aliphatic heterocycles. The van der Waals surface area contributed by atoms with Gasteiger partial charge in [0.1, 0.15) is 0 Å². The van der Waals surface area contributed by atoms with Gasteiger partial charge >= 0.3 is 0 Å². The number of ketones is 1. The van der Waals surface area contributed by atoms with Gasteiger partial charge in [0.2, 0.25) is 0 Å². The van der Waals surface area contributed by atoms with Crippen LogP contribution in [0.2, 0.25) is 0 Å². The highest BCUT2D eigenvalue weighted by Crippen LogP contribution is 2.14. The number of thiol groups is 1. The summed E-state index contributed by atoms with van der Waals surface area (Å²) >= 11 is 4.11. The predicted octanol–water partition coefficient (Wildman–Crippen LogP) is 3.27. The summed E-state index contributed by atoms with van der Waals surface area (Å²) in [4.78, 5) is 23.0. The minimum absolute atomic E-state index is 0.157. The normalized spacial score (nSPS) is 10.9. The smallest absolute Gasteiger partial charge is 0.185 e. The van der Waals surface area contributed by atoms with Crippen molar-refractivity contribution in [2.75, 3.05) is 0 Å². The van der Waals surface area contributed by atoms with Gasteiger partial charge in [0, 0.05) is 16.0 Å². The van der Waals surface area contributed by atoms with E-state index in [1.807, 2.05) is 0 Å². The maximum absolute atomic E-state index is 11.7. The molecule has 1 aromatic rings. The largest absolute Gasteiger partial charge is 0.298 e. The van der Waals surface area contributed by atoms with Gasteiger partial charge in [0.05, 0.1) is 0 Å². The molecule has 0 heterocycles. The topological polar surface area (TPSA) is 34.1 Å². The minimum atomic E-state index is -0.157. The summed E-state index contributed by atoms with van der Waals surface area (Å²) in [5.74, 6) is -0.157. The summed E-state index contributed by atoms with van der Waals surface area (Å²) in [5.41, 5.74) is 0.877. The fourth-order valence-corrected chi connectivity index (χ4v) is 1.38. The molecule has 2 nitrogen and oxygen atoms in total. The summed E-state index contributed by atoms with van der Waals surface area (Å²) in [6.07, 6.45) is 8.78. The zero-order valence-corrected chi connectivity index (χ0v) is 10.1. The fraction of sp³-hybridized carbons (Fsp3) is 0. The van der Waals surface area contributed by atoms with E-state index in [2.05, 4.69) is 19.2 Å². The molecule has 0 N–H and O–H groups in total. The number of aldehydes is 1. The molecular formula is C14H12O2S.